The number of halogens is 1. The van der Waals surface area contributed by atoms with Crippen molar-refractivity contribution in [1.82, 2.24) is 4.57 Å². The molecule has 0 unspecified atom stereocenters. The zero-order chi connectivity index (χ0) is 18.6. The lowest BCUT2D eigenvalue weighted by molar-refractivity contribution is 0.306. The summed E-state index contributed by atoms with van der Waals surface area (Å²) >= 11 is 3.69. The maximum absolute atomic E-state index is 5.97. The molecule has 4 rings (SSSR count). The minimum Gasteiger partial charge on any atom is -0.497 e. The highest BCUT2D eigenvalue weighted by Gasteiger charge is 2.09. The topological polar surface area (TPSA) is 23.4 Å². The summed E-state index contributed by atoms with van der Waals surface area (Å²) in [4.78, 5) is 0. The molecule has 0 aliphatic rings. The fraction of sp³-hybridized carbons (Fsp3) is 0.130. The summed E-state index contributed by atoms with van der Waals surface area (Å²) in [6.07, 6.45) is 2.12. The Balaban J connectivity index is 1.57. The van der Waals surface area contributed by atoms with Crippen molar-refractivity contribution in [3.8, 4) is 11.5 Å². The van der Waals surface area contributed by atoms with Gasteiger partial charge in [0.1, 0.15) is 18.1 Å². The lowest BCUT2D eigenvalue weighted by Gasteiger charge is -2.09. The molecule has 27 heavy (non-hydrogen) atoms. The number of aromatic nitrogens is 1. The van der Waals surface area contributed by atoms with Gasteiger partial charge in [0.2, 0.25) is 0 Å². The smallest absolute Gasteiger partial charge is 0.120 e. The van der Waals surface area contributed by atoms with Crippen LogP contribution in [0.2, 0.25) is 0 Å². The largest absolute Gasteiger partial charge is 0.497 e. The van der Waals surface area contributed by atoms with Gasteiger partial charge in [0, 0.05) is 28.1 Å². The molecule has 0 spiro atoms. The van der Waals surface area contributed by atoms with Crippen molar-refractivity contribution in [3.63, 3.8) is 0 Å². The molecule has 0 fully saturated rings. The quantitative estimate of drug-likeness (QED) is 0.378. The number of methoxy groups -OCH3 is 1. The van der Waals surface area contributed by atoms with Crippen LogP contribution in [0.4, 0.5) is 0 Å². The molecule has 136 valence electrons. The number of hydrogen-bond acceptors (Lipinski definition) is 2. The first-order chi connectivity index (χ1) is 13.2. The van der Waals surface area contributed by atoms with Crippen molar-refractivity contribution in [1.29, 1.82) is 0 Å². The number of rotatable bonds is 6. The minimum absolute atomic E-state index is 0.564. The van der Waals surface area contributed by atoms with Crippen LogP contribution in [0.3, 0.4) is 0 Å². The summed E-state index contributed by atoms with van der Waals surface area (Å²) < 4.78 is 14.6. The van der Waals surface area contributed by atoms with Crippen LogP contribution >= 0.6 is 15.9 Å². The van der Waals surface area contributed by atoms with Crippen LogP contribution in [0.15, 0.2) is 83.5 Å². The monoisotopic (exact) mass is 421 g/mol. The van der Waals surface area contributed by atoms with E-state index in [2.05, 4.69) is 63.1 Å². The van der Waals surface area contributed by atoms with E-state index in [9.17, 15) is 0 Å². The van der Waals surface area contributed by atoms with Gasteiger partial charge in [0.05, 0.1) is 7.11 Å². The van der Waals surface area contributed by atoms with E-state index >= 15 is 0 Å². The number of nitrogens with zero attached hydrogens (tertiary/aromatic N) is 1. The molecule has 0 amide bonds. The average molecular weight is 422 g/mol. The van der Waals surface area contributed by atoms with Gasteiger partial charge in [-0.05, 0) is 57.4 Å². The summed E-state index contributed by atoms with van der Waals surface area (Å²) in [6, 6.07) is 24.6. The van der Waals surface area contributed by atoms with Crippen molar-refractivity contribution in [3.05, 3.63) is 94.6 Å². The van der Waals surface area contributed by atoms with E-state index in [0.29, 0.717) is 6.61 Å². The number of benzene rings is 3. The fourth-order valence-electron chi connectivity index (χ4n) is 3.16. The van der Waals surface area contributed by atoms with Gasteiger partial charge in [-0.3, -0.25) is 0 Å². The van der Waals surface area contributed by atoms with Gasteiger partial charge in [-0.1, -0.05) is 42.5 Å². The SMILES string of the molecule is COc1cccc(Cn2cc(Br)c3cc(OCc4ccccc4)ccc32)c1. The van der Waals surface area contributed by atoms with Crippen molar-refractivity contribution in [2.45, 2.75) is 13.2 Å². The van der Waals surface area contributed by atoms with Crippen LogP contribution < -0.4 is 9.47 Å². The summed E-state index contributed by atoms with van der Waals surface area (Å²) in [5, 5.41) is 1.14. The molecular weight excluding hydrogens is 402 g/mol. The first-order valence-electron chi connectivity index (χ1n) is 8.81. The highest BCUT2D eigenvalue weighted by molar-refractivity contribution is 9.10. The molecule has 3 nitrogen and oxygen atoms in total. The van der Waals surface area contributed by atoms with Gasteiger partial charge in [-0.25, -0.2) is 0 Å². The minimum atomic E-state index is 0.564. The van der Waals surface area contributed by atoms with E-state index in [1.165, 1.54) is 5.56 Å². The second-order valence-corrected chi connectivity index (χ2v) is 7.26. The number of fused-ring (bicyclic) bond motifs is 1. The van der Waals surface area contributed by atoms with Crippen LogP contribution in [0.1, 0.15) is 11.1 Å². The molecule has 1 aromatic heterocycles. The normalized spacial score (nSPS) is 10.9. The summed E-state index contributed by atoms with van der Waals surface area (Å²) in [5.41, 5.74) is 3.52. The molecule has 3 aromatic carbocycles. The third-order valence-electron chi connectivity index (χ3n) is 4.54. The molecular formula is C23H20BrNO2. The molecule has 0 N–H and O–H groups in total. The lowest BCUT2D eigenvalue weighted by atomic mass is 10.2. The Labute approximate surface area is 167 Å². The summed E-state index contributed by atoms with van der Waals surface area (Å²) in [5.74, 6) is 1.74. The van der Waals surface area contributed by atoms with Crippen molar-refractivity contribution < 1.29 is 9.47 Å². The predicted molar refractivity (Wildman–Crippen MR) is 113 cm³/mol. The third-order valence-corrected chi connectivity index (χ3v) is 5.17. The highest BCUT2D eigenvalue weighted by atomic mass is 79.9. The molecule has 0 aliphatic carbocycles. The maximum Gasteiger partial charge on any atom is 0.120 e. The van der Waals surface area contributed by atoms with E-state index < -0.39 is 0 Å². The van der Waals surface area contributed by atoms with Crippen LogP contribution in [0.25, 0.3) is 10.9 Å². The second kappa shape index (κ2) is 7.89. The molecule has 1 heterocycles. The second-order valence-electron chi connectivity index (χ2n) is 6.41. The zero-order valence-electron chi connectivity index (χ0n) is 15.1. The fourth-order valence-corrected chi connectivity index (χ4v) is 3.73. The Morgan fingerprint density at radius 1 is 0.852 bits per heavy atom. The molecule has 0 saturated carbocycles. The lowest BCUT2D eigenvalue weighted by Crippen LogP contribution is -1.98. The zero-order valence-corrected chi connectivity index (χ0v) is 16.6. The van der Waals surface area contributed by atoms with E-state index in [-0.39, 0.29) is 0 Å². The third kappa shape index (κ3) is 4.01. The average Bonchev–Trinajstić information content (AvgIpc) is 3.02. The molecule has 0 radical (unpaired) electrons. The van der Waals surface area contributed by atoms with Gasteiger partial charge < -0.3 is 14.0 Å². The van der Waals surface area contributed by atoms with Crippen molar-refractivity contribution in [2.24, 2.45) is 0 Å². The highest BCUT2D eigenvalue weighted by Crippen LogP contribution is 2.31. The van der Waals surface area contributed by atoms with Crippen LogP contribution in [-0.4, -0.2) is 11.7 Å². The van der Waals surface area contributed by atoms with Gasteiger partial charge >= 0.3 is 0 Å². The van der Waals surface area contributed by atoms with Gasteiger partial charge in [-0.15, -0.1) is 0 Å². The molecule has 0 aliphatic heterocycles. The van der Waals surface area contributed by atoms with Crippen molar-refractivity contribution in [2.75, 3.05) is 7.11 Å². The van der Waals surface area contributed by atoms with Crippen LogP contribution in [-0.2, 0) is 13.2 Å². The molecule has 4 heteroatoms. The van der Waals surface area contributed by atoms with Gasteiger partial charge in [-0.2, -0.15) is 0 Å². The molecule has 0 bridgehead atoms. The van der Waals surface area contributed by atoms with Crippen LogP contribution in [0, 0.1) is 0 Å². The van der Waals surface area contributed by atoms with Gasteiger partial charge in [0.15, 0.2) is 0 Å². The first-order valence-corrected chi connectivity index (χ1v) is 9.60. The summed E-state index contributed by atoms with van der Waals surface area (Å²) in [7, 11) is 1.69. The summed E-state index contributed by atoms with van der Waals surface area (Å²) in [6.45, 7) is 1.35. The Hall–Kier alpha value is -2.72. The standard InChI is InChI=1S/C23H20BrNO2/c1-26-19-9-5-8-18(12-19)14-25-15-22(24)21-13-20(10-11-23(21)25)27-16-17-6-3-2-4-7-17/h2-13,15H,14,16H2,1H3. The molecule has 0 saturated heterocycles. The molecule has 0 atom stereocenters. The van der Waals surface area contributed by atoms with E-state index in [1.54, 1.807) is 7.11 Å². The first kappa shape index (κ1) is 17.7. The molecule has 4 aromatic rings. The van der Waals surface area contributed by atoms with Crippen molar-refractivity contribution >= 4 is 26.8 Å². The number of hydrogen-bond donors (Lipinski definition) is 0. The van der Waals surface area contributed by atoms with E-state index in [0.717, 1.165) is 39.0 Å². The predicted octanol–water partition coefficient (Wildman–Crippen LogP) is 6.04. The Kier molecular flexibility index (Phi) is 5.16. The number of ether oxygens (including phenoxy) is 2. The Bertz CT molecular complexity index is 1060. The maximum atomic E-state index is 5.97. The van der Waals surface area contributed by atoms with Crippen LogP contribution in [0.5, 0.6) is 11.5 Å². The van der Waals surface area contributed by atoms with E-state index in [4.69, 9.17) is 9.47 Å². The Morgan fingerprint density at radius 2 is 1.67 bits per heavy atom. The van der Waals surface area contributed by atoms with E-state index in [1.807, 2.05) is 36.4 Å². The Morgan fingerprint density at radius 3 is 2.48 bits per heavy atom. The van der Waals surface area contributed by atoms with Gasteiger partial charge in [0.25, 0.3) is 0 Å².